The molecule has 2 N–H and O–H groups in total. The van der Waals surface area contributed by atoms with Crippen molar-refractivity contribution in [2.24, 2.45) is 5.73 Å². The second-order valence-corrected chi connectivity index (χ2v) is 4.90. The fourth-order valence-electron chi connectivity index (χ4n) is 2.48. The Kier molecular flexibility index (Phi) is 4.39. The zero-order valence-electron chi connectivity index (χ0n) is 12.0. The zero-order chi connectivity index (χ0) is 14.7. The van der Waals surface area contributed by atoms with Gasteiger partial charge in [-0.25, -0.2) is 4.90 Å². The van der Waals surface area contributed by atoms with E-state index >= 15 is 0 Å². The Hall–Kier alpha value is -1.88. The Balaban J connectivity index is 2.24. The van der Waals surface area contributed by atoms with Gasteiger partial charge in [0, 0.05) is 25.2 Å². The van der Waals surface area contributed by atoms with Crippen LogP contribution < -0.4 is 15.5 Å². The predicted molar refractivity (Wildman–Crippen MR) is 79.7 cm³/mol. The van der Waals surface area contributed by atoms with Crippen LogP contribution in [0, 0.1) is 0 Å². The molecule has 1 aromatic carbocycles. The van der Waals surface area contributed by atoms with Crippen LogP contribution in [0.1, 0.15) is 26.7 Å². The van der Waals surface area contributed by atoms with Gasteiger partial charge in [-0.1, -0.05) is 0 Å². The normalized spacial score (nSPS) is 19.4. The van der Waals surface area contributed by atoms with Crippen molar-refractivity contribution in [3.05, 3.63) is 24.3 Å². The minimum absolute atomic E-state index is 0.174. The van der Waals surface area contributed by atoms with Crippen LogP contribution in [0.25, 0.3) is 0 Å². The smallest absolute Gasteiger partial charge is 0.250 e. The van der Waals surface area contributed by atoms with E-state index < -0.39 is 6.04 Å². The molecular formula is C15H21N3O2. The van der Waals surface area contributed by atoms with Crippen molar-refractivity contribution in [1.29, 1.82) is 0 Å². The number of carbonyl (C=O) groups is 2. The maximum atomic E-state index is 12.0. The van der Waals surface area contributed by atoms with Crippen molar-refractivity contribution < 1.29 is 9.59 Å². The highest BCUT2D eigenvalue weighted by Gasteiger charge is 2.33. The van der Waals surface area contributed by atoms with Crippen molar-refractivity contribution in [2.45, 2.75) is 32.7 Å². The number of nitrogens with two attached hydrogens (primary N) is 1. The molecule has 0 aromatic heterocycles. The Morgan fingerprint density at radius 3 is 2.35 bits per heavy atom. The molecule has 1 aliphatic heterocycles. The first-order valence-electron chi connectivity index (χ1n) is 7.05. The average molecular weight is 275 g/mol. The van der Waals surface area contributed by atoms with Crippen molar-refractivity contribution >= 4 is 23.2 Å². The highest BCUT2D eigenvalue weighted by molar-refractivity contribution is 6.18. The molecular weight excluding hydrogens is 254 g/mol. The number of rotatable bonds is 4. The Bertz CT molecular complexity index is 494. The summed E-state index contributed by atoms with van der Waals surface area (Å²) in [5, 5.41) is 0. The lowest BCUT2D eigenvalue weighted by Gasteiger charge is -2.29. The Morgan fingerprint density at radius 2 is 1.80 bits per heavy atom. The minimum atomic E-state index is -0.574. The molecule has 20 heavy (non-hydrogen) atoms. The SMILES string of the molecule is CCN(CC)c1ccc(N2C(=O)CCC(N)C2=O)cc1. The molecule has 1 atom stereocenters. The van der Waals surface area contributed by atoms with Crippen LogP contribution in [-0.4, -0.2) is 30.9 Å². The maximum absolute atomic E-state index is 12.0. The van der Waals surface area contributed by atoms with E-state index in [0.29, 0.717) is 18.5 Å². The molecule has 108 valence electrons. The second-order valence-electron chi connectivity index (χ2n) is 4.90. The summed E-state index contributed by atoms with van der Waals surface area (Å²) in [7, 11) is 0. The van der Waals surface area contributed by atoms with Crippen molar-refractivity contribution in [3.8, 4) is 0 Å². The lowest BCUT2D eigenvalue weighted by molar-refractivity contribution is -0.130. The van der Waals surface area contributed by atoms with E-state index in [-0.39, 0.29) is 11.8 Å². The van der Waals surface area contributed by atoms with Gasteiger partial charge in [-0.15, -0.1) is 0 Å². The van der Waals surface area contributed by atoms with E-state index in [0.717, 1.165) is 18.8 Å². The molecule has 1 fully saturated rings. The van der Waals surface area contributed by atoms with E-state index in [9.17, 15) is 9.59 Å². The fraction of sp³-hybridized carbons (Fsp3) is 0.467. The van der Waals surface area contributed by atoms with Gasteiger partial charge in [-0.05, 0) is 44.5 Å². The molecule has 0 spiro atoms. The lowest BCUT2D eigenvalue weighted by atomic mass is 10.0. The Morgan fingerprint density at radius 1 is 1.20 bits per heavy atom. The van der Waals surface area contributed by atoms with Gasteiger partial charge >= 0.3 is 0 Å². The number of carbonyl (C=O) groups excluding carboxylic acids is 2. The van der Waals surface area contributed by atoms with Gasteiger partial charge < -0.3 is 10.6 Å². The van der Waals surface area contributed by atoms with Gasteiger partial charge in [0.25, 0.3) is 5.91 Å². The number of hydrogen-bond donors (Lipinski definition) is 1. The molecule has 5 heteroatoms. The van der Waals surface area contributed by atoms with Gasteiger partial charge in [-0.2, -0.15) is 0 Å². The Labute approximate surface area is 119 Å². The molecule has 0 saturated carbocycles. The topological polar surface area (TPSA) is 66.6 Å². The van der Waals surface area contributed by atoms with E-state index in [1.54, 1.807) is 0 Å². The monoisotopic (exact) mass is 275 g/mol. The van der Waals surface area contributed by atoms with Crippen molar-refractivity contribution in [3.63, 3.8) is 0 Å². The summed E-state index contributed by atoms with van der Waals surface area (Å²) >= 11 is 0. The van der Waals surface area contributed by atoms with E-state index in [1.807, 2.05) is 24.3 Å². The van der Waals surface area contributed by atoms with Crippen LogP contribution in [0.5, 0.6) is 0 Å². The summed E-state index contributed by atoms with van der Waals surface area (Å²) in [5.74, 6) is -0.482. The van der Waals surface area contributed by atoms with E-state index in [1.165, 1.54) is 4.90 Å². The predicted octanol–water partition coefficient (Wildman–Crippen LogP) is 1.51. The van der Waals surface area contributed by atoms with Crippen LogP contribution in [0.4, 0.5) is 11.4 Å². The van der Waals surface area contributed by atoms with Gasteiger partial charge in [0.2, 0.25) is 5.91 Å². The highest BCUT2D eigenvalue weighted by atomic mass is 16.2. The molecule has 1 aromatic rings. The number of imide groups is 1. The third-order valence-electron chi connectivity index (χ3n) is 3.69. The highest BCUT2D eigenvalue weighted by Crippen LogP contribution is 2.24. The van der Waals surface area contributed by atoms with Crippen molar-refractivity contribution in [2.75, 3.05) is 22.9 Å². The lowest BCUT2D eigenvalue weighted by Crippen LogP contribution is -2.51. The number of anilines is 2. The van der Waals surface area contributed by atoms with Crippen LogP contribution in [0.15, 0.2) is 24.3 Å². The quantitative estimate of drug-likeness (QED) is 0.846. The molecule has 0 aliphatic carbocycles. The maximum Gasteiger partial charge on any atom is 0.250 e. The molecule has 2 amide bonds. The van der Waals surface area contributed by atoms with E-state index in [2.05, 4.69) is 18.7 Å². The number of nitrogens with zero attached hydrogens (tertiary/aromatic N) is 2. The first-order valence-corrected chi connectivity index (χ1v) is 7.05. The summed E-state index contributed by atoms with van der Waals surface area (Å²) < 4.78 is 0. The van der Waals surface area contributed by atoms with Gasteiger partial charge in [0.05, 0.1) is 11.7 Å². The first-order chi connectivity index (χ1) is 9.58. The third-order valence-corrected chi connectivity index (χ3v) is 3.69. The summed E-state index contributed by atoms with van der Waals surface area (Å²) in [6, 6.07) is 6.91. The number of amides is 2. The van der Waals surface area contributed by atoms with Crippen LogP contribution in [0.3, 0.4) is 0 Å². The number of hydrogen-bond acceptors (Lipinski definition) is 4. The second kappa shape index (κ2) is 6.05. The molecule has 1 heterocycles. The molecule has 1 saturated heterocycles. The fourth-order valence-corrected chi connectivity index (χ4v) is 2.48. The van der Waals surface area contributed by atoms with Crippen LogP contribution >= 0.6 is 0 Å². The summed E-state index contributed by atoms with van der Waals surface area (Å²) in [6.45, 7) is 6.02. The standard InChI is InChI=1S/C15H21N3O2/c1-3-17(4-2)11-5-7-12(8-6-11)18-14(19)10-9-13(16)15(18)20/h5-8,13H,3-4,9-10,16H2,1-2H3. The van der Waals surface area contributed by atoms with Gasteiger partial charge in [0.15, 0.2) is 0 Å². The molecule has 2 rings (SSSR count). The molecule has 0 radical (unpaired) electrons. The average Bonchev–Trinajstić information content (AvgIpc) is 2.46. The summed E-state index contributed by atoms with van der Waals surface area (Å²) in [6.07, 6.45) is 0.760. The number of piperidine rings is 1. The van der Waals surface area contributed by atoms with Crippen LogP contribution in [0.2, 0.25) is 0 Å². The van der Waals surface area contributed by atoms with Gasteiger partial charge in [-0.3, -0.25) is 9.59 Å². The molecule has 0 bridgehead atoms. The van der Waals surface area contributed by atoms with E-state index in [4.69, 9.17) is 5.73 Å². The summed E-state index contributed by atoms with van der Waals surface area (Å²) in [5.41, 5.74) is 7.42. The largest absolute Gasteiger partial charge is 0.372 e. The van der Waals surface area contributed by atoms with Gasteiger partial charge in [0.1, 0.15) is 0 Å². The minimum Gasteiger partial charge on any atom is -0.372 e. The number of benzene rings is 1. The third kappa shape index (κ3) is 2.67. The van der Waals surface area contributed by atoms with Crippen LogP contribution in [-0.2, 0) is 9.59 Å². The summed E-state index contributed by atoms with van der Waals surface area (Å²) in [4.78, 5) is 27.4. The zero-order valence-corrected chi connectivity index (χ0v) is 12.0. The molecule has 5 nitrogen and oxygen atoms in total. The molecule has 1 unspecified atom stereocenters. The van der Waals surface area contributed by atoms with Crippen molar-refractivity contribution in [1.82, 2.24) is 0 Å². The molecule has 1 aliphatic rings. The first kappa shape index (κ1) is 14.5.